The van der Waals surface area contributed by atoms with E-state index in [1.165, 1.54) is 0 Å². The summed E-state index contributed by atoms with van der Waals surface area (Å²) in [5, 5.41) is 0. The van der Waals surface area contributed by atoms with E-state index >= 15 is 0 Å². The number of nitrogens with zero attached hydrogens (tertiary/aromatic N) is 1. The molecule has 0 N–H and O–H groups in total. The van der Waals surface area contributed by atoms with Crippen molar-refractivity contribution >= 4 is 0 Å². The van der Waals surface area contributed by atoms with Crippen LogP contribution < -0.4 is 0 Å². The first-order chi connectivity index (χ1) is 4.31. The van der Waals surface area contributed by atoms with Crippen LogP contribution >= 0.6 is 0 Å². The van der Waals surface area contributed by atoms with Gasteiger partial charge in [0, 0.05) is 32.7 Å². The number of hydrogen-bond acceptors (Lipinski definition) is 1. The molecule has 1 aliphatic heterocycles. The molecule has 1 aliphatic rings. The summed E-state index contributed by atoms with van der Waals surface area (Å²) in [6.45, 7) is 11.3. The molecule has 1 heterocycles. The Morgan fingerprint density at radius 2 is 1.27 bits per heavy atom. The third-order valence-electron chi connectivity index (χ3n) is 3.51. The minimum atomic E-state index is 0. The van der Waals surface area contributed by atoms with Crippen LogP contribution in [-0.2, 0) is 32.7 Å². The van der Waals surface area contributed by atoms with Crippen LogP contribution in [0.2, 0.25) is 0 Å². The fourth-order valence-corrected chi connectivity index (χ4v) is 1.90. The summed E-state index contributed by atoms with van der Waals surface area (Å²) in [6, 6.07) is 0. The summed E-state index contributed by atoms with van der Waals surface area (Å²) < 4.78 is 0. The van der Waals surface area contributed by atoms with Gasteiger partial charge in [-0.1, -0.05) is 27.7 Å². The Morgan fingerprint density at radius 1 is 1.00 bits per heavy atom. The molecule has 0 aliphatic carbocycles. The van der Waals surface area contributed by atoms with E-state index in [1.807, 2.05) is 0 Å². The molecule has 0 amide bonds. The monoisotopic (exact) mass is 229 g/mol. The molecule has 11 heavy (non-hydrogen) atoms. The Kier molecular flexibility index (Phi) is 3.38. The first-order valence-electron chi connectivity index (χ1n) is 3.89. The zero-order valence-corrected chi connectivity index (χ0v) is 11.4. The van der Waals surface area contributed by atoms with E-state index in [9.17, 15) is 0 Å². The van der Waals surface area contributed by atoms with Crippen LogP contribution in [0.15, 0.2) is 0 Å². The van der Waals surface area contributed by atoms with Gasteiger partial charge in [0.15, 0.2) is 0 Å². The van der Waals surface area contributed by atoms with Gasteiger partial charge in [-0.2, -0.15) is 6.92 Å². The van der Waals surface area contributed by atoms with Gasteiger partial charge in [0.1, 0.15) is 0 Å². The van der Waals surface area contributed by atoms with Crippen molar-refractivity contribution in [2.45, 2.75) is 45.7 Å². The minimum absolute atomic E-state index is 0. The van der Waals surface area contributed by atoms with Crippen molar-refractivity contribution in [3.63, 3.8) is 0 Å². The molecule has 0 saturated carbocycles. The third-order valence-corrected chi connectivity index (χ3v) is 3.51. The fourth-order valence-electron chi connectivity index (χ4n) is 1.90. The molecule has 0 aromatic carbocycles. The minimum Gasteiger partial charge on any atom is -0.354 e. The third kappa shape index (κ3) is 1.45. The van der Waals surface area contributed by atoms with Gasteiger partial charge < -0.3 is 4.90 Å². The van der Waals surface area contributed by atoms with Crippen molar-refractivity contribution < 1.29 is 32.7 Å². The number of hydrogen-bond donors (Lipinski definition) is 0. The van der Waals surface area contributed by atoms with Crippen LogP contribution in [-0.4, -0.2) is 23.0 Å². The van der Waals surface area contributed by atoms with Crippen LogP contribution in [0.3, 0.4) is 0 Å². The van der Waals surface area contributed by atoms with Crippen LogP contribution in [0, 0.1) is 5.92 Å². The Morgan fingerprint density at radius 3 is 1.36 bits per heavy atom. The van der Waals surface area contributed by atoms with Gasteiger partial charge in [-0.05, 0) is 7.05 Å². The van der Waals surface area contributed by atoms with E-state index in [2.05, 4.69) is 46.6 Å². The van der Waals surface area contributed by atoms with E-state index in [0.29, 0.717) is 11.1 Å². The predicted octanol–water partition coefficient (Wildman–Crippen LogP) is 2.08. The van der Waals surface area contributed by atoms with Gasteiger partial charge in [-0.15, -0.1) is 11.1 Å². The molecule has 0 bridgehead atoms. The Hall–Kier alpha value is 1.06. The van der Waals surface area contributed by atoms with Gasteiger partial charge in [-0.25, -0.2) is 0 Å². The topological polar surface area (TPSA) is 3.24 Å². The van der Waals surface area contributed by atoms with Crippen LogP contribution in [0.4, 0.5) is 0 Å². The standard InChI is InChI=1S/C9H18N.Y/c1-7-8(2,3)10(6)9(7,4)5;/h1-6H3;/q-1;. The molecule has 1 rings (SSSR count). The van der Waals surface area contributed by atoms with Crippen molar-refractivity contribution in [3.8, 4) is 0 Å². The summed E-state index contributed by atoms with van der Waals surface area (Å²) in [5.74, 6) is 1.59. The van der Waals surface area contributed by atoms with Crippen LogP contribution in [0.25, 0.3) is 0 Å². The second kappa shape index (κ2) is 3.08. The van der Waals surface area contributed by atoms with E-state index in [-0.39, 0.29) is 32.7 Å². The van der Waals surface area contributed by atoms with Crippen LogP contribution in [0.1, 0.15) is 34.6 Å². The Bertz CT molecular complexity index is 122. The molecule has 2 heteroatoms. The van der Waals surface area contributed by atoms with Crippen molar-refractivity contribution in [3.05, 3.63) is 5.92 Å². The van der Waals surface area contributed by atoms with Crippen molar-refractivity contribution in [1.82, 2.24) is 4.90 Å². The molecular formula is C9H18NY-. The predicted molar refractivity (Wildman–Crippen MR) is 44.8 cm³/mol. The molecule has 0 spiro atoms. The van der Waals surface area contributed by atoms with E-state index in [0.717, 1.165) is 0 Å². The normalized spacial score (nSPS) is 28.9. The fraction of sp³-hybridized carbons (Fsp3) is 0.889. The molecule has 0 unspecified atom stereocenters. The van der Waals surface area contributed by atoms with Gasteiger partial charge in [-0.3, -0.25) is 5.92 Å². The van der Waals surface area contributed by atoms with E-state index < -0.39 is 0 Å². The maximum absolute atomic E-state index is 2.41. The maximum Gasteiger partial charge on any atom is 0 e. The largest absolute Gasteiger partial charge is 0.354 e. The molecule has 63 valence electrons. The molecule has 0 aromatic rings. The molecule has 0 atom stereocenters. The molecular weight excluding hydrogens is 211 g/mol. The SMILES string of the molecule is C[C-]1C(C)(C)N(C)C1(C)C.[Y]. The van der Waals surface area contributed by atoms with Crippen molar-refractivity contribution in [1.29, 1.82) is 0 Å². The smallest absolute Gasteiger partial charge is 0 e. The maximum atomic E-state index is 2.41. The summed E-state index contributed by atoms with van der Waals surface area (Å²) in [7, 11) is 2.19. The molecule has 0 aromatic heterocycles. The second-order valence-corrected chi connectivity index (χ2v) is 4.30. The Balaban J connectivity index is 0.000001000. The summed E-state index contributed by atoms with van der Waals surface area (Å²) in [5.41, 5.74) is 0.646. The summed E-state index contributed by atoms with van der Waals surface area (Å²) >= 11 is 0. The summed E-state index contributed by atoms with van der Waals surface area (Å²) in [4.78, 5) is 2.41. The zero-order chi connectivity index (χ0) is 8.15. The van der Waals surface area contributed by atoms with Gasteiger partial charge in [0.05, 0.1) is 0 Å². The van der Waals surface area contributed by atoms with Crippen molar-refractivity contribution in [2.75, 3.05) is 7.05 Å². The first-order valence-corrected chi connectivity index (χ1v) is 3.89. The zero-order valence-electron chi connectivity index (χ0n) is 8.52. The quantitative estimate of drug-likeness (QED) is 0.575. The molecule has 1 radical (unpaired) electrons. The van der Waals surface area contributed by atoms with Gasteiger partial charge in [0.2, 0.25) is 0 Å². The Labute approximate surface area is 95.8 Å². The second-order valence-electron chi connectivity index (χ2n) is 4.30. The molecule has 1 nitrogen and oxygen atoms in total. The molecule has 1 saturated heterocycles. The average Bonchev–Trinajstić information content (AvgIpc) is 1.84. The van der Waals surface area contributed by atoms with Crippen LogP contribution in [0.5, 0.6) is 0 Å². The van der Waals surface area contributed by atoms with E-state index in [1.54, 1.807) is 5.92 Å². The average molecular weight is 229 g/mol. The number of rotatable bonds is 0. The van der Waals surface area contributed by atoms with Gasteiger partial charge in [0.25, 0.3) is 0 Å². The van der Waals surface area contributed by atoms with E-state index in [4.69, 9.17) is 0 Å². The summed E-state index contributed by atoms with van der Waals surface area (Å²) in [6.07, 6.45) is 0. The van der Waals surface area contributed by atoms with Crippen molar-refractivity contribution in [2.24, 2.45) is 0 Å². The molecule has 1 fully saturated rings. The number of likely N-dealkylation sites (tertiary alicyclic amines) is 1. The first kappa shape index (κ1) is 12.1. The van der Waals surface area contributed by atoms with Gasteiger partial charge >= 0.3 is 0 Å².